The van der Waals surface area contributed by atoms with E-state index in [4.69, 9.17) is 4.74 Å². The summed E-state index contributed by atoms with van der Waals surface area (Å²) in [6, 6.07) is 8.08. The van der Waals surface area contributed by atoms with Gasteiger partial charge in [-0.2, -0.15) is 0 Å². The number of nitrogens with zero attached hydrogens (tertiary/aromatic N) is 2. The monoisotopic (exact) mass is 346 g/mol. The van der Waals surface area contributed by atoms with Gasteiger partial charge in [-0.3, -0.25) is 4.99 Å². The summed E-state index contributed by atoms with van der Waals surface area (Å²) in [7, 11) is 1.78. The Labute approximate surface area is 148 Å². The highest BCUT2D eigenvalue weighted by Gasteiger charge is 2.00. The number of hydrogen-bond donors (Lipinski definition) is 2. The predicted molar refractivity (Wildman–Crippen MR) is 101 cm³/mol. The maximum absolute atomic E-state index is 5.69. The summed E-state index contributed by atoms with van der Waals surface area (Å²) < 4.78 is 5.69. The Balaban J connectivity index is 1.57. The van der Waals surface area contributed by atoms with E-state index in [1.807, 2.05) is 31.2 Å². The summed E-state index contributed by atoms with van der Waals surface area (Å²) in [4.78, 5) is 8.69. The highest BCUT2D eigenvalue weighted by atomic mass is 32.1. The van der Waals surface area contributed by atoms with Gasteiger partial charge in [-0.1, -0.05) is 17.7 Å². The van der Waals surface area contributed by atoms with Crippen molar-refractivity contribution in [2.75, 3.05) is 26.7 Å². The van der Waals surface area contributed by atoms with Crippen LogP contribution in [0.25, 0.3) is 0 Å². The third kappa shape index (κ3) is 6.58. The van der Waals surface area contributed by atoms with Crippen molar-refractivity contribution in [3.8, 4) is 5.75 Å². The van der Waals surface area contributed by atoms with E-state index < -0.39 is 0 Å². The van der Waals surface area contributed by atoms with E-state index >= 15 is 0 Å². The van der Waals surface area contributed by atoms with E-state index in [0.29, 0.717) is 13.2 Å². The van der Waals surface area contributed by atoms with Crippen LogP contribution in [0.15, 0.2) is 34.6 Å². The first-order valence-electron chi connectivity index (χ1n) is 8.22. The molecule has 24 heavy (non-hydrogen) atoms. The number of benzene rings is 1. The van der Waals surface area contributed by atoms with Crippen LogP contribution in [0.3, 0.4) is 0 Å². The highest BCUT2D eigenvalue weighted by Crippen LogP contribution is 2.11. The molecule has 2 aromatic rings. The first-order chi connectivity index (χ1) is 11.7. The van der Waals surface area contributed by atoms with Crippen molar-refractivity contribution in [2.45, 2.75) is 26.7 Å². The molecule has 130 valence electrons. The molecule has 0 radical (unpaired) electrons. The van der Waals surface area contributed by atoms with E-state index in [1.165, 1.54) is 10.6 Å². The van der Waals surface area contributed by atoms with Crippen LogP contribution in [0.1, 0.15) is 22.7 Å². The Morgan fingerprint density at radius 1 is 1.17 bits per heavy atom. The van der Waals surface area contributed by atoms with Crippen LogP contribution in [0.5, 0.6) is 5.75 Å². The van der Waals surface area contributed by atoms with Crippen molar-refractivity contribution < 1.29 is 4.74 Å². The molecule has 1 heterocycles. The van der Waals surface area contributed by atoms with Gasteiger partial charge in [0.2, 0.25) is 0 Å². The van der Waals surface area contributed by atoms with Gasteiger partial charge in [0.25, 0.3) is 0 Å². The molecule has 0 aliphatic heterocycles. The molecule has 0 unspecified atom stereocenters. The molecule has 0 saturated carbocycles. The van der Waals surface area contributed by atoms with Crippen LogP contribution >= 0.6 is 11.3 Å². The van der Waals surface area contributed by atoms with Gasteiger partial charge >= 0.3 is 0 Å². The first kappa shape index (κ1) is 18.3. The van der Waals surface area contributed by atoms with Crippen LogP contribution in [-0.2, 0) is 6.42 Å². The van der Waals surface area contributed by atoms with Crippen LogP contribution < -0.4 is 15.4 Å². The van der Waals surface area contributed by atoms with Crippen molar-refractivity contribution in [3.63, 3.8) is 0 Å². The zero-order valence-electron chi connectivity index (χ0n) is 14.6. The lowest BCUT2D eigenvalue weighted by molar-refractivity contribution is 0.322. The molecular formula is C18H26N4OS. The number of rotatable bonds is 8. The van der Waals surface area contributed by atoms with E-state index in [2.05, 4.69) is 32.9 Å². The maximum atomic E-state index is 5.69. The van der Waals surface area contributed by atoms with Gasteiger partial charge < -0.3 is 15.4 Å². The van der Waals surface area contributed by atoms with Crippen LogP contribution in [0.4, 0.5) is 0 Å². The maximum Gasteiger partial charge on any atom is 0.191 e. The Hall–Kier alpha value is -2.08. The second-order valence-electron chi connectivity index (χ2n) is 5.57. The minimum Gasteiger partial charge on any atom is -0.492 e. The first-order valence-corrected chi connectivity index (χ1v) is 9.10. The molecule has 0 atom stereocenters. The highest BCUT2D eigenvalue weighted by molar-refractivity contribution is 7.09. The summed E-state index contributed by atoms with van der Waals surface area (Å²) in [5.41, 5.74) is 2.34. The Bertz CT molecular complexity index is 637. The number of aromatic nitrogens is 1. The molecular weight excluding hydrogens is 320 g/mol. The van der Waals surface area contributed by atoms with E-state index in [9.17, 15) is 0 Å². The van der Waals surface area contributed by atoms with Gasteiger partial charge in [-0.05, 0) is 32.4 Å². The molecule has 0 amide bonds. The molecule has 0 saturated heterocycles. The average Bonchev–Trinajstić information content (AvgIpc) is 3.00. The van der Waals surface area contributed by atoms with E-state index in [-0.39, 0.29) is 0 Å². The van der Waals surface area contributed by atoms with Crippen molar-refractivity contribution in [1.82, 2.24) is 15.6 Å². The zero-order valence-corrected chi connectivity index (χ0v) is 15.4. The smallest absolute Gasteiger partial charge is 0.191 e. The van der Waals surface area contributed by atoms with Gasteiger partial charge in [0.1, 0.15) is 12.4 Å². The molecule has 0 bridgehead atoms. The van der Waals surface area contributed by atoms with Gasteiger partial charge in [-0.25, -0.2) is 4.98 Å². The lowest BCUT2D eigenvalue weighted by atomic mass is 10.2. The molecule has 0 aliphatic rings. The molecule has 2 rings (SSSR count). The number of ether oxygens (including phenoxy) is 1. The number of thiazole rings is 1. The summed E-state index contributed by atoms with van der Waals surface area (Å²) in [5.74, 6) is 1.70. The topological polar surface area (TPSA) is 58.5 Å². The Morgan fingerprint density at radius 2 is 1.92 bits per heavy atom. The SMILES string of the molecule is CN=C(NCCCc1nc(C)cs1)NCCOc1ccc(C)cc1. The molecule has 0 spiro atoms. The molecule has 5 nitrogen and oxygen atoms in total. The fraction of sp³-hybridized carbons (Fsp3) is 0.444. The molecule has 6 heteroatoms. The van der Waals surface area contributed by atoms with Crippen LogP contribution in [-0.4, -0.2) is 37.7 Å². The number of aliphatic imine (C=N–C) groups is 1. The largest absolute Gasteiger partial charge is 0.492 e. The van der Waals surface area contributed by atoms with Crippen molar-refractivity contribution >= 4 is 17.3 Å². The van der Waals surface area contributed by atoms with Crippen LogP contribution in [0, 0.1) is 13.8 Å². The van der Waals surface area contributed by atoms with Gasteiger partial charge in [0, 0.05) is 31.1 Å². The lowest BCUT2D eigenvalue weighted by Crippen LogP contribution is -2.39. The fourth-order valence-corrected chi connectivity index (χ4v) is 2.98. The van der Waals surface area contributed by atoms with Gasteiger partial charge in [-0.15, -0.1) is 11.3 Å². The third-order valence-corrected chi connectivity index (χ3v) is 4.46. The normalized spacial score (nSPS) is 11.4. The second-order valence-corrected chi connectivity index (χ2v) is 6.52. The Kier molecular flexibility index (Phi) is 7.55. The molecule has 1 aromatic carbocycles. The van der Waals surface area contributed by atoms with Crippen molar-refractivity contribution in [2.24, 2.45) is 4.99 Å². The standard InChI is InChI=1S/C18H26N4OS/c1-14-6-8-16(9-7-14)23-12-11-21-18(19-3)20-10-4-5-17-22-15(2)13-24-17/h6-9,13H,4-5,10-12H2,1-3H3,(H2,19,20,21). The predicted octanol–water partition coefficient (Wildman–Crippen LogP) is 2.94. The lowest BCUT2D eigenvalue weighted by Gasteiger charge is -2.12. The summed E-state index contributed by atoms with van der Waals surface area (Å²) in [6.07, 6.45) is 2.03. The number of guanidine groups is 1. The molecule has 0 fully saturated rings. The van der Waals surface area contributed by atoms with Crippen molar-refractivity contribution in [3.05, 3.63) is 45.9 Å². The number of nitrogens with one attached hydrogen (secondary N) is 2. The number of hydrogen-bond acceptors (Lipinski definition) is 4. The minimum atomic E-state index is 0.599. The van der Waals surface area contributed by atoms with Gasteiger partial charge in [0.05, 0.1) is 11.6 Å². The summed E-state index contributed by atoms with van der Waals surface area (Å²) in [5, 5.41) is 9.86. The van der Waals surface area contributed by atoms with Gasteiger partial charge in [0.15, 0.2) is 5.96 Å². The Morgan fingerprint density at radius 3 is 2.58 bits per heavy atom. The van der Waals surface area contributed by atoms with E-state index in [0.717, 1.165) is 36.8 Å². The minimum absolute atomic E-state index is 0.599. The molecule has 2 N–H and O–H groups in total. The average molecular weight is 347 g/mol. The summed E-state index contributed by atoms with van der Waals surface area (Å²) >= 11 is 1.73. The summed E-state index contributed by atoms with van der Waals surface area (Å²) in [6.45, 7) is 6.28. The van der Waals surface area contributed by atoms with E-state index in [1.54, 1.807) is 18.4 Å². The quantitative estimate of drug-likeness (QED) is 0.438. The molecule has 1 aromatic heterocycles. The fourth-order valence-electron chi connectivity index (χ4n) is 2.16. The zero-order chi connectivity index (χ0) is 17.2. The second kappa shape index (κ2) is 9.93. The number of aryl methyl sites for hydroxylation is 3. The third-order valence-electron chi connectivity index (χ3n) is 3.43. The molecule has 0 aliphatic carbocycles. The van der Waals surface area contributed by atoms with Crippen molar-refractivity contribution in [1.29, 1.82) is 0 Å². The van der Waals surface area contributed by atoms with Crippen LogP contribution in [0.2, 0.25) is 0 Å².